The molecule has 2 aliphatic heterocycles. The predicted molar refractivity (Wildman–Crippen MR) is 101 cm³/mol. The molecule has 1 aromatic heterocycles. The van der Waals surface area contributed by atoms with Gasteiger partial charge in [-0.05, 0) is 45.2 Å². The number of hydrogen-bond donors (Lipinski definition) is 1. The lowest BCUT2D eigenvalue weighted by Crippen LogP contribution is -2.52. The first-order chi connectivity index (χ1) is 13.0. The quantitative estimate of drug-likeness (QED) is 0.903. The monoisotopic (exact) mass is 367 g/mol. The van der Waals surface area contributed by atoms with Crippen molar-refractivity contribution in [2.45, 2.75) is 39.2 Å². The fourth-order valence-electron chi connectivity index (χ4n) is 4.32. The number of aromatic nitrogens is 3. The molecule has 0 saturated carbocycles. The van der Waals surface area contributed by atoms with Crippen molar-refractivity contribution in [2.75, 3.05) is 19.6 Å². The maximum absolute atomic E-state index is 13.0. The lowest BCUT2D eigenvalue weighted by molar-refractivity contribution is -0.147. The molecule has 0 aliphatic carbocycles. The Morgan fingerprint density at radius 1 is 1.19 bits per heavy atom. The van der Waals surface area contributed by atoms with Crippen LogP contribution in [-0.2, 0) is 4.79 Å². The van der Waals surface area contributed by atoms with E-state index in [9.17, 15) is 9.59 Å². The van der Waals surface area contributed by atoms with Gasteiger partial charge in [0.2, 0.25) is 5.91 Å². The van der Waals surface area contributed by atoms with Gasteiger partial charge in [0, 0.05) is 36.8 Å². The highest BCUT2D eigenvalue weighted by Gasteiger charge is 2.49. The van der Waals surface area contributed by atoms with Crippen LogP contribution in [-0.4, -0.2) is 62.5 Å². The number of hydrogen-bond acceptors (Lipinski definition) is 4. The Kier molecular flexibility index (Phi) is 4.45. The summed E-state index contributed by atoms with van der Waals surface area (Å²) in [6, 6.07) is 7.57. The van der Waals surface area contributed by atoms with Crippen molar-refractivity contribution in [3.8, 4) is 11.4 Å². The molecule has 2 amide bonds. The van der Waals surface area contributed by atoms with E-state index >= 15 is 0 Å². The molecule has 1 spiro atoms. The average molecular weight is 367 g/mol. The summed E-state index contributed by atoms with van der Waals surface area (Å²) in [4.78, 5) is 33.9. The molecule has 1 N–H and O–H groups in total. The standard InChI is InChI=1S/C20H25N5O2/c1-14(2)25-10-3-8-20(19(25)27)9-11-24(12-20)18(26)16-6-4-15(5-7-16)17-21-13-22-23-17/h4-7,13-14H,3,8-12H2,1-2H3,(H,21,22,23). The number of nitrogens with one attached hydrogen (secondary N) is 1. The summed E-state index contributed by atoms with van der Waals surface area (Å²) < 4.78 is 0. The van der Waals surface area contributed by atoms with E-state index in [0.717, 1.165) is 31.4 Å². The zero-order chi connectivity index (χ0) is 19.0. The van der Waals surface area contributed by atoms with Crippen molar-refractivity contribution >= 4 is 11.8 Å². The van der Waals surface area contributed by atoms with E-state index in [-0.39, 0.29) is 17.9 Å². The van der Waals surface area contributed by atoms with Crippen LogP contribution in [0.5, 0.6) is 0 Å². The van der Waals surface area contributed by atoms with Gasteiger partial charge in [0.05, 0.1) is 5.41 Å². The molecule has 27 heavy (non-hydrogen) atoms. The number of carbonyl (C=O) groups excluding carboxylic acids is 2. The summed E-state index contributed by atoms with van der Waals surface area (Å²) in [6.45, 7) is 6.11. The third-order valence-corrected chi connectivity index (χ3v) is 5.85. The number of likely N-dealkylation sites (tertiary alicyclic amines) is 2. The molecule has 142 valence electrons. The van der Waals surface area contributed by atoms with Crippen LogP contribution in [0, 0.1) is 5.41 Å². The van der Waals surface area contributed by atoms with Crippen LogP contribution in [0.1, 0.15) is 43.5 Å². The van der Waals surface area contributed by atoms with Crippen LogP contribution in [0.25, 0.3) is 11.4 Å². The van der Waals surface area contributed by atoms with Gasteiger partial charge in [-0.2, -0.15) is 5.10 Å². The minimum atomic E-state index is -0.391. The number of H-pyrrole nitrogens is 1. The summed E-state index contributed by atoms with van der Waals surface area (Å²) in [5.74, 6) is 0.890. The summed E-state index contributed by atoms with van der Waals surface area (Å²) in [5, 5.41) is 6.66. The molecule has 0 bridgehead atoms. The molecule has 3 heterocycles. The smallest absolute Gasteiger partial charge is 0.253 e. The van der Waals surface area contributed by atoms with Gasteiger partial charge < -0.3 is 9.80 Å². The van der Waals surface area contributed by atoms with Crippen molar-refractivity contribution < 1.29 is 9.59 Å². The summed E-state index contributed by atoms with van der Waals surface area (Å²) in [5.41, 5.74) is 1.13. The van der Waals surface area contributed by atoms with Crippen molar-refractivity contribution in [3.63, 3.8) is 0 Å². The van der Waals surface area contributed by atoms with E-state index < -0.39 is 5.41 Å². The Bertz CT molecular complexity index is 831. The molecule has 0 radical (unpaired) electrons. The van der Waals surface area contributed by atoms with Crippen LogP contribution in [0.15, 0.2) is 30.6 Å². The SMILES string of the molecule is CC(C)N1CCCC2(CCN(C(=O)c3ccc(-c4ncn[nH]4)cc3)C2)C1=O. The average Bonchev–Trinajstić information content (AvgIpc) is 3.34. The third kappa shape index (κ3) is 3.11. The highest BCUT2D eigenvalue weighted by Crippen LogP contribution is 2.41. The first-order valence-electron chi connectivity index (χ1n) is 9.56. The van der Waals surface area contributed by atoms with E-state index in [1.807, 2.05) is 34.1 Å². The zero-order valence-corrected chi connectivity index (χ0v) is 15.8. The van der Waals surface area contributed by atoms with Crippen molar-refractivity contribution in [2.24, 2.45) is 5.41 Å². The van der Waals surface area contributed by atoms with Crippen LogP contribution in [0.4, 0.5) is 0 Å². The molecule has 2 aromatic rings. The van der Waals surface area contributed by atoms with Gasteiger partial charge in [-0.3, -0.25) is 14.7 Å². The van der Waals surface area contributed by atoms with Gasteiger partial charge in [-0.1, -0.05) is 12.1 Å². The molecule has 1 atom stereocenters. The fourth-order valence-corrected chi connectivity index (χ4v) is 4.32. The van der Waals surface area contributed by atoms with Crippen LogP contribution in [0.3, 0.4) is 0 Å². The second-order valence-corrected chi connectivity index (χ2v) is 7.86. The number of piperidine rings is 1. The highest BCUT2D eigenvalue weighted by molar-refractivity contribution is 5.96. The first-order valence-corrected chi connectivity index (χ1v) is 9.56. The second-order valence-electron chi connectivity index (χ2n) is 7.86. The Morgan fingerprint density at radius 2 is 1.96 bits per heavy atom. The minimum Gasteiger partial charge on any atom is -0.340 e. The Labute approximate surface area is 158 Å². The number of amides is 2. The highest BCUT2D eigenvalue weighted by atomic mass is 16.2. The van der Waals surface area contributed by atoms with Crippen molar-refractivity contribution in [1.82, 2.24) is 25.0 Å². The van der Waals surface area contributed by atoms with Gasteiger partial charge in [0.25, 0.3) is 5.91 Å². The topological polar surface area (TPSA) is 82.2 Å². The predicted octanol–water partition coefficient (Wildman–Crippen LogP) is 2.33. The van der Waals surface area contributed by atoms with Gasteiger partial charge in [0.15, 0.2) is 5.82 Å². The van der Waals surface area contributed by atoms with Gasteiger partial charge in [0.1, 0.15) is 6.33 Å². The minimum absolute atomic E-state index is 0.00883. The Morgan fingerprint density at radius 3 is 2.63 bits per heavy atom. The van der Waals surface area contributed by atoms with Gasteiger partial charge in [-0.25, -0.2) is 4.98 Å². The molecule has 4 rings (SSSR count). The first kappa shape index (κ1) is 17.7. The molecule has 7 nitrogen and oxygen atoms in total. The number of nitrogens with zero attached hydrogens (tertiary/aromatic N) is 4. The third-order valence-electron chi connectivity index (χ3n) is 5.85. The van der Waals surface area contributed by atoms with Crippen molar-refractivity contribution in [1.29, 1.82) is 0 Å². The lowest BCUT2D eigenvalue weighted by atomic mass is 9.78. The summed E-state index contributed by atoms with van der Waals surface area (Å²) in [6.07, 6.45) is 4.11. The molecule has 2 saturated heterocycles. The Hall–Kier alpha value is -2.70. The number of carbonyl (C=O) groups is 2. The van der Waals surface area contributed by atoms with E-state index in [1.54, 1.807) is 0 Å². The van der Waals surface area contributed by atoms with E-state index in [2.05, 4.69) is 29.0 Å². The summed E-state index contributed by atoms with van der Waals surface area (Å²) in [7, 11) is 0. The largest absolute Gasteiger partial charge is 0.340 e. The van der Waals surface area contributed by atoms with Crippen LogP contribution < -0.4 is 0 Å². The summed E-state index contributed by atoms with van der Waals surface area (Å²) >= 11 is 0. The molecule has 1 unspecified atom stereocenters. The van der Waals surface area contributed by atoms with E-state index in [4.69, 9.17) is 0 Å². The maximum atomic E-state index is 13.0. The van der Waals surface area contributed by atoms with Gasteiger partial charge >= 0.3 is 0 Å². The normalized spacial score (nSPS) is 22.9. The number of benzene rings is 1. The van der Waals surface area contributed by atoms with Gasteiger partial charge in [-0.15, -0.1) is 0 Å². The molecule has 7 heteroatoms. The molecule has 2 aliphatic rings. The zero-order valence-electron chi connectivity index (χ0n) is 15.8. The molecule has 2 fully saturated rings. The second kappa shape index (κ2) is 6.79. The van der Waals surface area contributed by atoms with Crippen LogP contribution in [0.2, 0.25) is 0 Å². The number of rotatable bonds is 3. The fraction of sp³-hybridized carbons (Fsp3) is 0.500. The molecule has 1 aromatic carbocycles. The maximum Gasteiger partial charge on any atom is 0.253 e. The molecular formula is C20H25N5O2. The Balaban J connectivity index is 1.48. The molecular weight excluding hydrogens is 342 g/mol. The van der Waals surface area contributed by atoms with Crippen molar-refractivity contribution in [3.05, 3.63) is 36.2 Å². The number of aromatic amines is 1. The van der Waals surface area contributed by atoms with E-state index in [1.165, 1.54) is 6.33 Å². The lowest BCUT2D eigenvalue weighted by Gasteiger charge is -2.41. The van der Waals surface area contributed by atoms with Crippen LogP contribution >= 0.6 is 0 Å². The van der Waals surface area contributed by atoms with E-state index in [0.29, 0.717) is 24.5 Å².